The number of nitrogens with one attached hydrogen (secondary N) is 1. The number of likely N-dealkylation sites (N-methyl/N-ethyl adjacent to an activating group) is 1. The molecule has 0 spiro atoms. The maximum atomic E-state index is 13.6. The fraction of sp³-hybridized carbons (Fsp3) is 0.357. The van der Waals surface area contributed by atoms with Crippen molar-refractivity contribution in [3.05, 3.63) is 70.4 Å². The van der Waals surface area contributed by atoms with Crippen LogP contribution >= 0.6 is 11.3 Å². The van der Waals surface area contributed by atoms with E-state index in [2.05, 4.69) is 50.6 Å². The van der Waals surface area contributed by atoms with E-state index in [1.165, 1.54) is 0 Å². The van der Waals surface area contributed by atoms with Crippen LogP contribution in [0.25, 0.3) is 21.5 Å². The Morgan fingerprint density at radius 2 is 2.06 bits per heavy atom. The number of carbonyl (C=O) groups is 1. The second kappa shape index (κ2) is 8.94. The van der Waals surface area contributed by atoms with Gasteiger partial charge in [-0.3, -0.25) is 14.7 Å². The number of rotatable bonds is 7. The number of carbonyl (C=O) groups excluding carboxylic acids is 1. The van der Waals surface area contributed by atoms with Crippen molar-refractivity contribution in [2.45, 2.75) is 44.7 Å². The van der Waals surface area contributed by atoms with Crippen LogP contribution in [0.2, 0.25) is 0 Å². The number of hydrogen-bond donors (Lipinski definition) is 1. The molecular formula is C28H29N5O2S. The maximum absolute atomic E-state index is 13.6. The number of likely N-dealkylation sites (tertiary alicyclic amines) is 1. The Morgan fingerprint density at radius 1 is 1.19 bits per heavy atom. The monoisotopic (exact) mass is 499 g/mol. The molecular weight excluding hydrogens is 470 g/mol. The van der Waals surface area contributed by atoms with Gasteiger partial charge >= 0.3 is 0 Å². The summed E-state index contributed by atoms with van der Waals surface area (Å²) >= 11 is 1.56. The van der Waals surface area contributed by atoms with Crippen molar-refractivity contribution < 1.29 is 9.53 Å². The summed E-state index contributed by atoms with van der Waals surface area (Å²) in [6.07, 6.45) is 4.71. The number of benzene rings is 2. The number of aromatic nitrogens is 3. The molecule has 0 radical (unpaired) electrons. The minimum atomic E-state index is -0.425. The van der Waals surface area contributed by atoms with Crippen LogP contribution in [-0.4, -0.2) is 52.2 Å². The summed E-state index contributed by atoms with van der Waals surface area (Å²) in [4.78, 5) is 20.5. The van der Waals surface area contributed by atoms with Gasteiger partial charge in [-0.1, -0.05) is 23.5 Å². The van der Waals surface area contributed by atoms with Gasteiger partial charge in [0.25, 0.3) is 5.91 Å². The molecule has 2 aliphatic rings. The lowest BCUT2D eigenvalue weighted by Crippen LogP contribution is -2.48. The van der Waals surface area contributed by atoms with Crippen LogP contribution in [0.4, 0.5) is 0 Å². The highest BCUT2D eigenvalue weighted by Gasteiger charge is 2.47. The van der Waals surface area contributed by atoms with Crippen molar-refractivity contribution in [1.82, 2.24) is 25.4 Å². The highest BCUT2D eigenvalue weighted by molar-refractivity contribution is 7.14. The zero-order valence-electron chi connectivity index (χ0n) is 20.7. The number of amides is 1. The third-order valence-corrected chi connectivity index (χ3v) is 8.33. The van der Waals surface area contributed by atoms with Gasteiger partial charge in [-0.2, -0.15) is 0 Å². The Bertz CT molecular complexity index is 1460. The molecule has 1 aliphatic carbocycles. The van der Waals surface area contributed by atoms with Crippen molar-refractivity contribution in [2.24, 2.45) is 0 Å². The van der Waals surface area contributed by atoms with Crippen LogP contribution in [0, 0.1) is 13.8 Å². The zero-order chi connectivity index (χ0) is 24.9. The molecule has 2 aromatic carbocycles. The van der Waals surface area contributed by atoms with E-state index in [-0.39, 0.29) is 5.91 Å². The molecule has 1 atom stereocenters. The maximum Gasteiger partial charge on any atom is 0.252 e. The molecule has 2 fully saturated rings. The van der Waals surface area contributed by atoms with Gasteiger partial charge in [0.1, 0.15) is 22.4 Å². The van der Waals surface area contributed by atoms with Crippen molar-refractivity contribution in [1.29, 1.82) is 0 Å². The van der Waals surface area contributed by atoms with Gasteiger partial charge in [0, 0.05) is 28.8 Å². The van der Waals surface area contributed by atoms with Crippen LogP contribution in [0.5, 0.6) is 5.75 Å². The van der Waals surface area contributed by atoms with Gasteiger partial charge < -0.3 is 10.1 Å². The fourth-order valence-corrected chi connectivity index (χ4v) is 5.57. The van der Waals surface area contributed by atoms with E-state index in [0.717, 1.165) is 69.2 Å². The second-order valence-electron chi connectivity index (χ2n) is 9.97. The quantitative estimate of drug-likeness (QED) is 0.391. The molecule has 7 nitrogen and oxygen atoms in total. The SMILES string of the molecule is Cc1nnc(-c2cc(C3(NC(=O)c4cc(OCC5CCN5C)ccc4C)CC3)c3cccnc3c2)s1. The topological polar surface area (TPSA) is 80.2 Å². The highest BCUT2D eigenvalue weighted by Crippen LogP contribution is 2.49. The Labute approximate surface area is 214 Å². The van der Waals surface area contributed by atoms with Gasteiger partial charge in [-0.15, -0.1) is 10.2 Å². The minimum Gasteiger partial charge on any atom is -0.492 e. The van der Waals surface area contributed by atoms with E-state index in [0.29, 0.717) is 18.2 Å². The first-order valence-electron chi connectivity index (χ1n) is 12.4. The van der Waals surface area contributed by atoms with Gasteiger partial charge in [-0.25, -0.2) is 0 Å². The first kappa shape index (κ1) is 23.1. The Morgan fingerprint density at radius 3 is 2.75 bits per heavy atom. The van der Waals surface area contributed by atoms with Crippen LogP contribution in [0.3, 0.4) is 0 Å². The van der Waals surface area contributed by atoms with Crippen LogP contribution < -0.4 is 10.1 Å². The number of nitrogens with zero attached hydrogens (tertiary/aromatic N) is 4. The average molecular weight is 500 g/mol. The minimum absolute atomic E-state index is 0.0783. The molecule has 0 bridgehead atoms. The first-order valence-corrected chi connectivity index (χ1v) is 13.2. The van der Waals surface area contributed by atoms with Gasteiger partial charge in [0.15, 0.2) is 0 Å². The molecule has 1 amide bonds. The predicted molar refractivity (Wildman–Crippen MR) is 141 cm³/mol. The smallest absolute Gasteiger partial charge is 0.252 e. The number of fused-ring (bicyclic) bond motifs is 1. The van der Waals surface area contributed by atoms with E-state index < -0.39 is 5.54 Å². The van der Waals surface area contributed by atoms with Crippen LogP contribution in [0.1, 0.15) is 45.8 Å². The molecule has 1 saturated heterocycles. The van der Waals surface area contributed by atoms with Gasteiger partial charge in [-0.05, 0) is 88.2 Å². The molecule has 184 valence electrons. The fourth-order valence-electron chi connectivity index (χ4n) is 4.89. The van der Waals surface area contributed by atoms with Crippen molar-refractivity contribution in [2.75, 3.05) is 20.2 Å². The summed E-state index contributed by atoms with van der Waals surface area (Å²) in [6.45, 7) is 5.67. The predicted octanol–water partition coefficient (Wildman–Crippen LogP) is 4.87. The van der Waals surface area contributed by atoms with Gasteiger partial charge in [0.2, 0.25) is 0 Å². The Kier molecular flexibility index (Phi) is 5.73. The third kappa shape index (κ3) is 4.24. The Balaban J connectivity index is 1.30. The summed E-state index contributed by atoms with van der Waals surface area (Å²) in [7, 11) is 2.11. The summed E-state index contributed by atoms with van der Waals surface area (Å²) in [5.74, 6) is 0.657. The van der Waals surface area contributed by atoms with E-state index in [1.807, 2.05) is 38.1 Å². The van der Waals surface area contributed by atoms with E-state index in [1.54, 1.807) is 17.5 Å². The van der Waals surface area contributed by atoms with E-state index in [9.17, 15) is 4.79 Å². The van der Waals surface area contributed by atoms with E-state index >= 15 is 0 Å². The molecule has 1 aliphatic heterocycles. The first-order chi connectivity index (χ1) is 17.4. The molecule has 8 heteroatoms. The number of hydrogen-bond acceptors (Lipinski definition) is 7. The largest absolute Gasteiger partial charge is 0.492 e. The lowest BCUT2D eigenvalue weighted by atomic mass is 9.96. The molecule has 1 N–H and O–H groups in total. The molecule has 6 rings (SSSR count). The molecule has 1 saturated carbocycles. The lowest BCUT2D eigenvalue weighted by Gasteiger charge is -2.37. The van der Waals surface area contributed by atoms with Crippen molar-refractivity contribution >= 4 is 28.1 Å². The summed E-state index contributed by atoms with van der Waals surface area (Å²) < 4.78 is 6.04. The van der Waals surface area contributed by atoms with Crippen LogP contribution in [0.15, 0.2) is 48.7 Å². The van der Waals surface area contributed by atoms with Crippen molar-refractivity contribution in [3.8, 4) is 16.3 Å². The molecule has 4 aromatic rings. The normalized spacial score (nSPS) is 18.6. The van der Waals surface area contributed by atoms with Gasteiger partial charge in [0.05, 0.1) is 11.1 Å². The molecule has 1 unspecified atom stereocenters. The third-order valence-electron chi connectivity index (χ3n) is 7.45. The average Bonchev–Trinajstić information content (AvgIpc) is 3.52. The number of ether oxygens (including phenoxy) is 1. The highest BCUT2D eigenvalue weighted by atomic mass is 32.1. The molecule has 3 heterocycles. The Hall–Kier alpha value is -3.36. The van der Waals surface area contributed by atoms with Crippen molar-refractivity contribution in [3.63, 3.8) is 0 Å². The summed E-state index contributed by atoms with van der Waals surface area (Å²) in [5.41, 5.74) is 4.12. The second-order valence-corrected chi connectivity index (χ2v) is 11.1. The molecule has 2 aromatic heterocycles. The standard InChI is InChI=1S/C28H29N5O2S/c1-17-6-7-21(35-16-20-8-12-33(20)3)15-23(17)26(34)30-28(9-10-28)24-13-19(27-32-31-18(2)36-27)14-25-22(24)5-4-11-29-25/h4-7,11,13-15,20H,8-10,12,16H2,1-3H3,(H,30,34). The number of pyridine rings is 1. The molecule has 36 heavy (non-hydrogen) atoms. The zero-order valence-corrected chi connectivity index (χ0v) is 21.6. The summed E-state index contributed by atoms with van der Waals surface area (Å²) in [5, 5.41) is 14.7. The summed E-state index contributed by atoms with van der Waals surface area (Å²) in [6, 6.07) is 14.5. The number of aryl methyl sites for hydroxylation is 2. The lowest BCUT2D eigenvalue weighted by molar-refractivity contribution is 0.0767. The van der Waals surface area contributed by atoms with Crippen LogP contribution in [-0.2, 0) is 5.54 Å². The van der Waals surface area contributed by atoms with E-state index in [4.69, 9.17) is 4.74 Å².